The molecule has 1 saturated heterocycles. The molecule has 2 heterocycles. The summed E-state index contributed by atoms with van der Waals surface area (Å²) in [6.07, 6.45) is -0.481. The minimum Gasteiger partial charge on any atom is -0.391 e. The van der Waals surface area contributed by atoms with Crippen LogP contribution in [-0.2, 0) is 15.1 Å². The Balaban J connectivity index is 1.87. The standard InChI is InChI=1S/C21H29B2BrN4O4/c1-20(2,3)15(25-19(32)23-22)17(30)28-10-13(29)9-14(28)16-26-18(31)21(4,27-16)11-5-7-12(24)8-6-11/h5-8,13-15,23,29H,9-10,22H2,1-4H3,(H,25,32)(H,26,27,31)/t13-,14+,15?,21?/m1/s1. The third-order valence-electron chi connectivity index (χ3n) is 6.07. The number of aliphatic imine (C=N–C) groups is 1. The van der Waals surface area contributed by atoms with Gasteiger partial charge in [-0.25, -0.2) is 0 Å². The summed E-state index contributed by atoms with van der Waals surface area (Å²) in [5.41, 5.74) is -0.839. The van der Waals surface area contributed by atoms with Crippen molar-refractivity contribution in [3.05, 3.63) is 34.3 Å². The van der Waals surface area contributed by atoms with Crippen molar-refractivity contribution in [1.29, 1.82) is 0 Å². The summed E-state index contributed by atoms with van der Waals surface area (Å²) < 4.78 is 0.898. The maximum absolute atomic E-state index is 13.5. The molecule has 1 aromatic rings. The second kappa shape index (κ2) is 9.02. The summed E-state index contributed by atoms with van der Waals surface area (Å²) in [5.74, 6) is -0.506. The van der Waals surface area contributed by atoms with E-state index in [1.165, 1.54) is 4.90 Å². The first kappa shape index (κ1) is 24.5. The number of aliphatic hydroxyl groups excluding tert-OH is 1. The van der Waals surface area contributed by atoms with Gasteiger partial charge in [0.25, 0.3) is 5.91 Å². The number of likely N-dealkylation sites (tertiary alicyclic amines) is 1. The van der Waals surface area contributed by atoms with Crippen molar-refractivity contribution < 1.29 is 19.5 Å². The van der Waals surface area contributed by atoms with E-state index in [0.29, 0.717) is 5.84 Å². The van der Waals surface area contributed by atoms with Gasteiger partial charge < -0.3 is 20.6 Å². The van der Waals surface area contributed by atoms with E-state index in [4.69, 9.17) is 0 Å². The van der Waals surface area contributed by atoms with Gasteiger partial charge in [-0.15, -0.1) is 0 Å². The Bertz CT molecular complexity index is 950. The predicted octanol–water partition coefficient (Wildman–Crippen LogP) is 0.263. The molecule has 2 unspecified atom stereocenters. The zero-order valence-corrected chi connectivity index (χ0v) is 20.7. The molecule has 0 saturated carbocycles. The number of aliphatic hydroxyl groups is 1. The summed E-state index contributed by atoms with van der Waals surface area (Å²) >= 11 is 3.40. The Morgan fingerprint density at radius 1 is 1.38 bits per heavy atom. The molecule has 0 bridgehead atoms. The van der Waals surface area contributed by atoms with Crippen LogP contribution in [0.1, 0.15) is 39.7 Å². The van der Waals surface area contributed by atoms with E-state index in [9.17, 15) is 19.5 Å². The van der Waals surface area contributed by atoms with Crippen molar-refractivity contribution in [2.75, 3.05) is 6.54 Å². The van der Waals surface area contributed by atoms with Crippen molar-refractivity contribution in [3.63, 3.8) is 0 Å². The van der Waals surface area contributed by atoms with Crippen molar-refractivity contribution >= 4 is 54.3 Å². The number of nitrogens with one attached hydrogen (secondary N) is 2. The van der Waals surface area contributed by atoms with Gasteiger partial charge in [-0.1, -0.05) is 48.8 Å². The Morgan fingerprint density at radius 2 is 2.00 bits per heavy atom. The molecule has 0 aliphatic carbocycles. The van der Waals surface area contributed by atoms with Crippen LogP contribution in [0.5, 0.6) is 0 Å². The number of carbonyl (C=O) groups excluding carboxylic acids is 3. The highest BCUT2D eigenvalue weighted by Crippen LogP contribution is 2.32. The van der Waals surface area contributed by atoms with Crippen molar-refractivity contribution in [2.45, 2.75) is 57.8 Å². The average Bonchev–Trinajstić information content (AvgIpc) is 3.25. The van der Waals surface area contributed by atoms with Crippen LogP contribution in [0.2, 0.25) is 0 Å². The number of hydrogen-bond donors (Lipinski definition) is 3. The molecule has 8 nitrogen and oxygen atoms in total. The highest BCUT2D eigenvalue weighted by Gasteiger charge is 2.49. The number of rotatable bonds is 5. The van der Waals surface area contributed by atoms with E-state index >= 15 is 0 Å². The molecule has 1 fully saturated rings. The van der Waals surface area contributed by atoms with Crippen molar-refractivity contribution in [2.24, 2.45) is 10.4 Å². The quantitative estimate of drug-likeness (QED) is 0.500. The first-order valence-corrected chi connectivity index (χ1v) is 11.6. The van der Waals surface area contributed by atoms with Gasteiger partial charge in [-0.05, 0) is 30.0 Å². The average molecular weight is 503 g/mol. The van der Waals surface area contributed by atoms with Gasteiger partial charge in [0, 0.05) is 17.4 Å². The second-order valence-corrected chi connectivity index (χ2v) is 10.6. The van der Waals surface area contributed by atoms with E-state index in [1.54, 1.807) is 14.7 Å². The lowest BCUT2D eigenvalue weighted by atomic mass is 9.55. The summed E-state index contributed by atoms with van der Waals surface area (Å²) in [4.78, 5) is 44.3. The Morgan fingerprint density at radius 3 is 2.56 bits per heavy atom. The first-order chi connectivity index (χ1) is 14.9. The lowest BCUT2D eigenvalue weighted by Gasteiger charge is -2.36. The number of carbonyl (C=O) groups is 3. The van der Waals surface area contributed by atoms with Gasteiger partial charge in [0.05, 0.1) is 19.9 Å². The van der Waals surface area contributed by atoms with E-state index in [0.717, 1.165) is 10.0 Å². The molecule has 1 aromatic carbocycles. The summed E-state index contributed by atoms with van der Waals surface area (Å²) in [5, 5.41) is 16.4. The molecule has 0 spiro atoms. The topological polar surface area (TPSA) is 111 Å². The fraction of sp³-hybridized carbons (Fsp3) is 0.524. The minimum absolute atomic E-state index is 0.113. The molecule has 2 aliphatic rings. The maximum Gasteiger partial charge on any atom is 0.277 e. The largest absolute Gasteiger partial charge is 0.391 e. The fourth-order valence-electron chi connectivity index (χ4n) is 4.09. The molecular formula is C21H29B2BrN4O4. The smallest absolute Gasteiger partial charge is 0.277 e. The van der Waals surface area contributed by atoms with E-state index in [-0.39, 0.29) is 37.8 Å². The number of halogens is 1. The van der Waals surface area contributed by atoms with Crippen LogP contribution in [0, 0.1) is 5.41 Å². The molecule has 32 heavy (non-hydrogen) atoms. The lowest BCUT2D eigenvalue weighted by Crippen LogP contribution is -2.58. The van der Waals surface area contributed by atoms with Crippen LogP contribution >= 0.6 is 15.9 Å². The monoisotopic (exact) mass is 502 g/mol. The molecule has 4 atom stereocenters. The van der Waals surface area contributed by atoms with Crippen LogP contribution in [0.25, 0.3) is 0 Å². The molecule has 0 aromatic heterocycles. The summed E-state index contributed by atoms with van der Waals surface area (Å²) in [6.45, 7) is 7.51. The number of amides is 3. The van der Waals surface area contributed by atoms with Crippen LogP contribution in [-0.4, -0.2) is 73.1 Å². The number of benzene rings is 1. The SMILES string of the molecule is BBC(=O)NC(C(=O)N1C[C@H](O)C[C@H]1C1=NC(=O)C(C)(c2ccc(Br)cc2)N1)C(C)(C)C. The van der Waals surface area contributed by atoms with Gasteiger partial charge in [0.15, 0.2) is 13.0 Å². The molecule has 0 radical (unpaired) electrons. The predicted molar refractivity (Wildman–Crippen MR) is 131 cm³/mol. The van der Waals surface area contributed by atoms with Gasteiger partial charge in [-0.2, -0.15) is 4.99 Å². The normalized spacial score (nSPS) is 26.4. The van der Waals surface area contributed by atoms with Gasteiger partial charge in [0.1, 0.15) is 17.4 Å². The molecule has 11 heteroatoms. The number of hydrogen-bond acceptors (Lipinski definition) is 5. The zero-order valence-electron chi connectivity index (χ0n) is 19.1. The summed E-state index contributed by atoms with van der Waals surface area (Å²) in [7, 11) is 1.99. The Labute approximate surface area is 198 Å². The van der Waals surface area contributed by atoms with Crippen LogP contribution < -0.4 is 10.6 Å². The van der Waals surface area contributed by atoms with Crippen LogP contribution in [0.15, 0.2) is 33.7 Å². The molecule has 2 aliphatic heterocycles. The molecule has 3 rings (SSSR count). The molecule has 3 amide bonds. The Hall–Kier alpha value is -2.13. The second-order valence-electron chi connectivity index (χ2n) is 9.68. The minimum atomic E-state index is -1.06. The number of nitrogens with zero attached hydrogens (tertiary/aromatic N) is 2. The molecule has 3 N–H and O–H groups in total. The van der Waals surface area contributed by atoms with Gasteiger partial charge in [-0.3, -0.25) is 14.4 Å². The summed E-state index contributed by atoms with van der Waals surface area (Å²) in [6, 6.07) is 6.05. The van der Waals surface area contributed by atoms with E-state index < -0.39 is 29.1 Å². The number of β-amino-alcohol motifs (C(OH)–C–C–N with tert-alkyl or cyclic N) is 1. The first-order valence-electron chi connectivity index (χ1n) is 10.8. The van der Waals surface area contributed by atoms with E-state index in [1.807, 2.05) is 45.0 Å². The van der Waals surface area contributed by atoms with Crippen molar-refractivity contribution in [1.82, 2.24) is 15.5 Å². The molecular weight excluding hydrogens is 474 g/mol. The zero-order chi connectivity index (χ0) is 23.8. The maximum atomic E-state index is 13.5. The van der Waals surface area contributed by atoms with E-state index in [2.05, 4.69) is 31.6 Å². The van der Waals surface area contributed by atoms with Crippen molar-refractivity contribution in [3.8, 4) is 0 Å². The fourth-order valence-corrected chi connectivity index (χ4v) is 4.35. The van der Waals surface area contributed by atoms with Gasteiger partial charge >= 0.3 is 0 Å². The highest BCUT2D eigenvalue weighted by atomic mass is 79.9. The van der Waals surface area contributed by atoms with Crippen LogP contribution in [0.3, 0.4) is 0 Å². The molecule has 170 valence electrons. The Kier molecular flexibility index (Phi) is 6.91. The number of amidine groups is 1. The third-order valence-corrected chi connectivity index (χ3v) is 6.60. The lowest BCUT2D eigenvalue weighted by molar-refractivity contribution is -0.136. The van der Waals surface area contributed by atoms with Crippen LogP contribution in [0.4, 0.5) is 4.79 Å². The van der Waals surface area contributed by atoms with Gasteiger partial charge in [0.2, 0.25) is 5.91 Å². The third kappa shape index (κ3) is 4.78. The highest BCUT2D eigenvalue weighted by molar-refractivity contribution is 9.10.